The Morgan fingerprint density at radius 3 is 2.78 bits per heavy atom. The van der Waals surface area contributed by atoms with E-state index in [0.717, 1.165) is 25.9 Å². The standard InChI is InChI=1S/C17H26FN3O2/c1-20(2)15-6-9-21(10-7-15)13-17(22)19-8-11-23-16-5-3-4-14(18)12-16/h3-5,12,15H,6-11,13H2,1-2H3,(H,19,22). The zero-order chi connectivity index (χ0) is 16.7. The summed E-state index contributed by atoms with van der Waals surface area (Å²) in [7, 11) is 4.21. The van der Waals surface area contributed by atoms with Gasteiger partial charge in [0.15, 0.2) is 0 Å². The number of nitrogens with zero attached hydrogens (tertiary/aromatic N) is 2. The lowest BCUT2D eigenvalue weighted by Gasteiger charge is -2.34. The zero-order valence-electron chi connectivity index (χ0n) is 13.9. The molecule has 0 unspecified atom stereocenters. The van der Waals surface area contributed by atoms with E-state index in [1.54, 1.807) is 12.1 Å². The van der Waals surface area contributed by atoms with Crippen LogP contribution in [-0.2, 0) is 4.79 Å². The van der Waals surface area contributed by atoms with Crippen molar-refractivity contribution in [1.82, 2.24) is 15.1 Å². The van der Waals surface area contributed by atoms with Crippen LogP contribution in [-0.4, -0.2) is 68.6 Å². The molecule has 0 bridgehead atoms. The molecule has 1 aliphatic heterocycles. The molecule has 5 nitrogen and oxygen atoms in total. The van der Waals surface area contributed by atoms with E-state index in [2.05, 4.69) is 29.2 Å². The third kappa shape index (κ3) is 6.15. The Kier molecular flexibility index (Phi) is 6.80. The molecule has 1 fully saturated rings. The molecule has 1 N–H and O–H groups in total. The lowest BCUT2D eigenvalue weighted by atomic mass is 10.0. The smallest absolute Gasteiger partial charge is 0.234 e. The van der Waals surface area contributed by atoms with E-state index in [4.69, 9.17) is 4.74 Å². The predicted molar refractivity (Wildman–Crippen MR) is 88.1 cm³/mol. The first-order chi connectivity index (χ1) is 11.0. The Labute approximate surface area is 137 Å². The molecule has 0 radical (unpaired) electrons. The summed E-state index contributed by atoms with van der Waals surface area (Å²) in [5.74, 6) is 0.161. The predicted octanol–water partition coefficient (Wildman–Crippen LogP) is 1.35. The number of likely N-dealkylation sites (tertiary alicyclic amines) is 1. The molecule has 0 atom stereocenters. The third-order valence-electron chi connectivity index (χ3n) is 4.14. The van der Waals surface area contributed by atoms with Crippen LogP contribution in [0.4, 0.5) is 4.39 Å². The van der Waals surface area contributed by atoms with Crippen LogP contribution in [0.15, 0.2) is 24.3 Å². The highest BCUT2D eigenvalue weighted by Gasteiger charge is 2.21. The van der Waals surface area contributed by atoms with E-state index in [9.17, 15) is 9.18 Å². The van der Waals surface area contributed by atoms with Gasteiger partial charge in [0.2, 0.25) is 5.91 Å². The first kappa shape index (κ1) is 17.7. The number of nitrogens with one attached hydrogen (secondary N) is 1. The van der Waals surface area contributed by atoms with Crippen LogP contribution >= 0.6 is 0 Å². The van der Waals surface area contributed by atoms with E-state index in [1.807, 2.05) is 0 Å². The van der Waals surface area contributed by atoms with Gasteiger partial charge in [-0.15, -0.1) is 0 Å². The number of halogens is 1. The van der Waals surface area contributed by atoms with Crippen LogP contribution in [0.25, 0.3) is 0 Å². The van der Waals surface area contributed by atoms with Gasteiger partial charge in [-0.3, -0.25) is 9.69 Å². The normalized spacial score (nSPS) is 16.5. The summed E-state index contributed by atoms with van der Waals surface area (Å²) >= 11 is 0. The van der Waals surface area contributed by atoms with Gasteiger partial charge in [-0.25, -0.2) is 4.39 Å². The summed E-state index contributed by atoms with van der Waals surface area (Å²) in [6, 6.07) is 6.61. The van der Waals surface area contributed by atoms with Crippen molar-refractivity contribution in [3.05, 3.63) is 30.1 Å². The number of ether oxygens (including phenoxy) is 1. The molecule has 128 valence electrons. The summed E-state index contributed by atoms with van der Waals surface area (Å²) in [4.78, 5) is 16.3. The molecule has 23 heavy (non-hydrogen) atoms. The minimum Gasteiger partial charge on any atom is -0.492 e. The Hall–Kier alpha value is -1.66. The van der Waals surface area contributed by atoms with Crippen LogP contribution in [0.2, 0.25) is 0 Å². The van der Waals surface area contributed by atoms with Crippen molar-refractivity contribution in [2.24, 2.45) is 0 Å². The number of carbonyl (C=O) groups excluding carboxylic acids is 1. The number of carbonyl (C=O) groups is 1. The number of piperidine rings is 1. The Balaban J connectivity index is 1.59. The molecule has 6 heteroatoms. The van der Waals surface area contributed by atoms with Crippen LogP contribution in [0.3, 0.4) is 0 Å². The average Bonchev–Trinajstić information content (AvgIpc) is 2.52. The second-order valence-electron chi connectivity index (χ2n) is 6.13. The lowest BCUT2D eigenvalue weighted by molar-refractivity contribution is -0.122. The number of hydrogen-bond donors (Lipinski definition) is 1. The van der Waals surface area contributed by atoms with Gasteiger partial charge in [-0.2, -0.15) is 0 Å². The first-order valence-corrected chi connectivity index (χ1v) is 8.08. The van der Waals surface area contributed by atoms with Gasteiger partial charge in [0.25, 0.3) is 0 Å². The lowest BCUT2D eigenvalue weighted by Crippen LogP contribution is -2.46. The van der Waals surface area contributed by atoms with E-state index < -0.39 is 0 Å². The van der Waals surface area contributed by atoms with Crippen molar-refractivity contribution < 1.29 is 13.9 Å². The average molecular weight is 323 g/mol. The summed E-state index contributed by atoms with van der Waals surface area (Å²) in [6.07, 6.45) is 2.20. The van der Waals surface area contributed by atoms with Crippen molar-refractivity contribution in [2.45, 2.75) is 18.9 Å². The largest absolute Gasteiger partial charge is 0.492 e. The highest BCUT2D eigenvalue weighted by molar-refractivity contribution is 5.78. The maximum Gasteiger partial charge on any atom is 0.234 e. The molecule has 1 aromatic carbocycles. The van der Waals surface area contributed by atoms with Crippen LogP contribution in [0, 0.1) is 5.82 Å². The summed E-state index contributed by atoms with van der Waals surface area (Å²) in [6.45, 7) is 3.09. The minimum atomic E-state index is -0.326. The highest BCUT2D eigenvalue weighted by atomic mass is 19.1. The Morgan fingerprint density at radius 1 is 1.39 bits per heavy atom. The van der Waals surface area contributed by atoms with Crippen LogP contribution < -0.4 is 10.1 Å². The monoisotopic (exact) mass is 323 g/mol. The first-order valence-electron chi connectivity index (χ1n) is 8.08. The van der Waals surface area contributed by atoms with Gasteiger partial charge in [-0.05, 0) is 39.1 Å². The van der Waals surface area contributed by atoms with E-state index in [-0.39, 0.29) is 11.7 Å². The quantitative estimate of drug-likeness (QED) is 0.770. The molecule has 2 rings (SSSR count). The maximum absolute atomic E-state index is 13.0. The van der Waals surface area contributed by atoms with Crippen molar-refractivity contribution >= 4 is 5.91 Å². The van der Waals surface area contributed by atoms with Gasteiger partial charge >= 0.3 is 0 Å². The Morgan fingerprint density at radius 2 is 2.13 bits per heavy atom. The molecule has 1 heterocycles. The SMILES string of the molecule is CN(C)C1CCN(CC(=O)NCCOc2cccc(F)c2)CC1. The minimum absolute atomic E-state index is 0.0103. The van der Waals surface area contributed by atoms with Gasteiger partial charge in [0.05, 0.1) is 13.1 Å². The molecule has 1 aromatic rings. The molecule has 0 aliphatic carbocycles. The van der Waals surface area contributed by atoms with E-state index >= 15 is 0 Å². The molecule has 1 aliphatic rings. The van der Waals surface area contributed by atoms with Gasteiger partial charge in [0.1, 0.15) is 18.2 Å². The fourth-order valence-corrected chi connectivity index (χ4v) is 2.77. The summed E-state index contributed by atoms with van der Waals surface area (Å²) in [5.41, 5.74) is 0. The zero-order valence-corrected chi connectivity index (χ0v) is 13.9. The second-order valence-corrected chi connectivity index (χ2v) is 6.13. The van der Waals surface area contributed by atoms with Crippen molar-refractivity contribution in [3.8, 4) is 5.75 Å². The highest BCUT2D eigenvalue weighted by Crippen LogP contribution is 2.13. The summed E-state index contributed by atoms with van der Waals surface area (Å²) < 4.78 is 18.4. The molecule has 0 aromatic heterocycles. The topological polar surface area (TPSA) is 44.8 Å². The van der Waals surface area contributed by atoms with Crippen molar-refractivity contribution in [2.75, 3.05) is 46.9 Å². The third-order valence-corrected chi connectivity index (χ3v) is 4.14. The van der Waals surface area contributed by atoms with Gasteiger partial charge in [-0.1, -0.05) is 6.07 Å². The van der Waals surface area contributed by atoms with Crippen molar-refractivity contribution in [1.29, 1.82) is 0 Å². The number of hydrogen-bond acceptors (Lipinski definition) is 4. The fourth-order valence-electron chi connectivity index (χ4n) is 2.77. The number of rotatable bonds is 7. The molecule has 0 spiro atoms. The van der Waals surface area contributed by atoms with Crippen LogP contribution in [0.5, 0.6) is 5.75 Å². The molecule has 1 saturated heterocycles. The van der Waals surface area contributed by atoms with Crippen molar-refractivity contribution in [3.63, 3.8) is 0 Å². The van der Waals surface area contributed by atoms with Gasteiger partial charge in [0, 0.05) is 25.2 Å². The van der Waals surface area contributed by atoms with E-state index in [0.29, 0.717) is 31.5 Å². The second kappa shape index (κ2) is 8.84. The number of amides is 1. The molecule has 1 amide bonds. The maximum atomic E-state index is 13.0. The Bertz CT molecular complexity index is 502. The van der Waals surface area contributed by atoms with E-state index in [1.165, 1.54) is 12.1 Å². The molecular formula is C17H26FN3O2. The van der Waals surface area contributed by atoms with Gasteiger partial charge < -0.3 is 15.0 Å². The fraction of sp³-hybridized carbons (Fsp3) is 0.588. The molecular weight excluding hydrogens is 297 g/mol. The van der Waals surface area contributed by atoms with Crippen LogP contribution in [0.1, 0.15) is 12.8 Å². The molecule has 0 saturated carbocycles. The number of benzene rings is 1. The summed E-state index contributed by atoms with van der Waals surface area (Å²) in [5, 5.41) is 2.84.